The van der Waals surface area contributed by atoms with Crippen molar-refractivity contribution < 1.29 is 24.5 Å². The van der Waals surface area contributed by atoms with Crippen LogP contribution in [0.3, 0.4) is 0 Å². The fourth-order valence-electron chi connectivity index (χ4n) is 3.68. The van der Waals surface area contributed by atoms with E-state index < -0.39 is 18.1 Å². The number of carbonyl (C=O) groups excluding carboxylic acids is 1. The number of rotatable bonds is 5. The van der Waals surface area contributed by atoms with Crippen molar-refractivity contribution >= 4 is 12.0 Å². The summed E-state index contributed by atoms with van der Waals surface area (Å²) in [7, 11) is 3.06. The third kappa shape index (κ3) is 3.29. The van der Waals surface area contributed by atoms with Gasteiger partial charge in [0.2, 0.25) is 0 Å². The van der Waals surface area contributed by atoms with Gasteiger partial charge in [-0.3, -0.25) is 0 Å². The Bertz CT molecular complexity index is 403. The van der Waals surface area contributed by atoms with E-state index in [1.54, 1.807) is 7.05 Å². The highest BCUT2D eigenvalue weighted by atomic mass is 16.5. The van der Waals surface area contributed by atoms with Gasteiger partial charge in [0.05, 0.1) is 19.3 Å². The molecule has 2 aliphatic rings. The van der Waals surface area contributed by atoms with Crippen molar-refractivity contribution in [3.63, 3.8) is 0 Å². The lowest BCUT2D eigenvalue weighted by atomic mass is 9.94. The maximum absolute atomic E-state index is 12.5. The number of aliphatic hydroxyl groups is 1. The molecule has 0 spiro atoms. The normalized spacial score (nSPS) is 29.3. The Morgan fingerprint density at radius 3 is 2.76 bits per heavy atom. The van der Waals surface area contributed by atoms with Crippen LogP contribution in [0.2, 0.25) is 0 Å². The van der Waals surface area contributed by atoms with Crippen molar-refractivity contribution in [2.45, 2.75) is 31.4 Å². The Morgan fingerprint density at radius 2 is 2.14 bits per heavy atom. The molecule has 2 amide bonds. The molecule has 1 saturated heterocycles. The van der Waals surface area contributed by atoms with Gasteiger partial charge in [-0.1, -0.05) is 6.42 Å². The van der Waals surface area contributed by atoms with Gasteiger partial charge in [-0.05, 0) is 24.7 Å². The number of hydrogen-bond acceptors (Lipinski definition) is 4. The van der Waals surface area contributed by atoms with Crippen LogP contribution in [0.5, 0.6) is 0 Å². The van der Waals surface area contributed by atoms with Crippen molar-refractivity contribution in [2.75, 3.05) is 33.9 Å². The van der Waals surface area contributed by atoms with Crippen LogP contribution in [0, 0.1) is 11.8 Å². The number of aliphatic hydroxyl groups excluding tert-OH is 1. The number of likely N-dealkylation sites (N-methyl/N-ethyl adjacent to an activating group) is 1. The number of hydrogen-bond donors (Lipinski definition) is 2. The zero-order valence-corrected chi connectivity index (χ0v) is 12.6. The van der Waals surface area contributed by atoms with Crippen LogP contribution in [0.1, 0.15) is 19.3 Å². The summed E-state index contributed by atoms with van der Waals surface area (Å²) in [4.78, 5) is 26.8. The fourth-order valence-corrected chi connectivity index (χ4v) is 3.68. The first kappa shape index (κ1) is 16.0. The molecule has 4 atom stereocenters. The van der Waals surface area contributed by atoms with Gasteiger partial charge in [0.15, 0.2) is 0 Å². The fraction of sp³-hybridized carbons (Fsp3) is 0.857. The molecule has 0 bridgehead atoms. The van der Waals surface area contributed by atoms with Gasteiger partial charge in [-0.25, -0.2) is 9.59 Å². The van der Waals surface area contributed by atoms with E-state index in [4.69, 9.17) is 4.74 Å². The molecular formula is C14H24N2O5. The molecule has 1 aliphatic heterocycles. The topological polar surface area (TPSA) is 90.3 Å². The molecule has 2 fully saturated rings. The minimum atomic E-state index is -0.927. The van der Waals surface area contributed by atoms with Crippen LogP contribution >= 0.6 is 0 Å². The van der Waals surface area contributed by atoms with E-state index >= 15 is 0 Å². The average molecular weight is 300 g/mol. The number of carboxylic acids is 1. The van der Waals surface area contributed by atoms with E-state index in [2.05, 4.69) is 0 Å². The molecule has 7 nitrogen and oxygen atoms in total. The summed E-state index contributed by atoms with van der Waals surface area (Å²) in [6, 6.07) is -1.06. The highest BCUT2D eigenvalue weighted by Crippen LogP contribution is 2.42. The minimum absolute atomic E-state index is 0.0729. The van der Waals surface area contributed by atoms with Crippen LogP contribution in [-0.2, 0) is 9.53 Å². The van der Waals surface area contributed by atoms with Gasteiger partial charge in [-0.2, -0.15) is 0 Å². The second kappa shape index (κ2) is 6.62. The molecule has 0 aromatic rings. The third-order valence-corrected chi connectivity index (χ3v) is 4.56. The third-order valence-electron chi connectivity index (χ3n) is 4.56. The van der Waals surface area contributed by atoms with Crippen LogP contribution < -0.4 is 0 Å². The summed E-state index contributed by atoms with van der Waals surface area (Å²) in [5, 5.41) is 19.1. The molecule has 0 radical (unpaired) electrons. The lowest BCUT2D eigenvalue weighted by Gasteiger charge is -2.30. The Balaban J connectivity index is 2.02. The summed E-state index contributed by atoms with van der Waals surface area (Å²) >= 11 is 0. The predicted molar refractivity (Wildman–Crippen MR) is 74.9 cm³/mol. The number of urea groups is 1. The molecule has 7 heteroatoms. The van der Waals surface area contributed by atoms with Gasteiger partial charge >= 0.3 is 12.0 Å². The average Bonchev–Trinajstić information content (AvgIpc) is 2.96. The number of carboxylic acid groups (broad SMARTS) is 1. The summed E-state index contributed by atoms with van der Waals surface area (Å²) in [6.07, 6.45) is 2.15. The molecule has 1 saturated carbocycles. The molecule has 4 unspecified atom stereocenters. The molecule has 2 rings (SSSR count). The summed E-state index contributed by atoms with van der Waals surface area (Å²) in [6.45, 7) is 0.779. The van der Waals surface area contributed by atoms with Crippen LogP contribution in [0.4, 0.5) is 4.79 Å². The van der Waals surface area contributed by atoms with Gasteiger partial charge in [0, 0.05) is 20.7 Å². The molecule has 2 N–H and O–H groups in total. The van der Waals surface area contributed by atoms with Gasteiger partial charge in [0.1, 0.15) is 6.04 Å². The molecule has 120 valence electrons. The van der Waals surface area contributed by atoms with E-state index in [-0.39, 0.29) is 25.1 Å². The number of carbonyl (C=O) groups is 2. The lowest BCUT2D eigenvalue weighted by Crippen LogP contribution is -2.50. The van der Waals surface area contributed by atoms with Crippen molar-refractivity contribution in [1.82, 2.24) is 9.80 Å². The first-order valence-electron chi connectivity index (χ1n) is 7.37. The standard InChI is InChI=1S/C14H24N2O5/c1-15(7-10(17)8-21-2)14(20)16-6-9-4-3-5-11(9)12(16)13(18)19/h9-12,17H,3-8H2,1-2H3,(H,18,19). The van der Waals surface area contributed by atoms with Gasteiger partial charge < -0.3 is 24.7 Å². The molecule has 0 aromatic heterocycles. The smallest absolute Gasteiger partial charge is 0.326 e. The predicted octanol–water partition coefficient (Wildman–Crippen LogP) is 0.231. The summed E-state index contributed by atoms with van der Waals surface area (Å²) < 4.78 is 4.83. The monoisotopic (exact) mass is 300 g/mol. The number of likely N-dealkylation sites (tertiary alicyclic amines) is 1. The molecular weight excluding hydrogens is 276 g/mol. The number of aliphatic carboxylic acids is 1. The van der Waals surface area contributed by atoms with E-state index in [9.17, 15) is 19.8 Å². The minimum Gasteiger partial charge on any atom is -0.480 e. The van der Waals surface area contributed by atoms with Gasteiger partial charge in [-0.15, -0.1) is 0 Å². The van der Waals surface area contributed by atoms with Crippen LogP contribution in [-0.4, -0.2) is 78.0 Å². The van der Waals surface area contributed by atoms with E-state index in [0.717, 1.165) is 19.3 Å². The summed E-state index contributed by atoms with van der Waals surface area (Å²) in [5.41, 5.74) is 0. The highest BCUT2D eigenvalue weighted by molar-refractivity contribution is 5.83. The molecule has 0 aromatic carbocycles. The maximum Gasteiger partial charge on any atom is 0.326 e. The number of fused-ring (bicyclic) bond motifs is 1. The quantitative estimate of drug-likeness (QED) is 0.758. The molecule has 1 aliphatic carbocycles. The van der Waals surface area contributed by atoms with Crippen molar-refractivity contribution in [3.8, 4) is 0 Å². The van der Waals surface area contributed by atoms with Crippen molar-refractivity contribution in [2.24, 2.45) is 11.8 Å². The Morgan fingerprint density at radius 1 is 1.43 bits per heavy atom. The maximum atomic E-state index is 12.5. The second-order valence-corrected chi connectivity index (χ2v) is 6.06. The zero-order valence-electron chi connectivity index (χ0n) is 12.6. The zero-order chi connectivity index (χ0) is 15.6. The first-order chi connectivity index (χ1) is 9.95. The summed E-state index contributed by atoms with van der Waals surface area (Å²) in [5.74, 6) is -0.556. The Labute approximate surface area is 124 Å². The van der Waals surface area contributed by atoms with Gasteiger partial charge in [0.25, 0.3) is 0 Å². The number of nitrogens with zero attached hydrogens (tertiary/aromatic N) is 2. The number of methoxy groups -OCH3 is 1. The second-order valence-electron chi connectivity index (χ2n) is 6.06. The van der Waals surface area contributed by atoms with E-state index in [1.165, 1.54) is 16.9 Å². The first-order valence-corrected chi connectivity index (χ1v) is 7.37. The SMILES string of the molecule is COCC(O)CN(C)C(=O)N1CC2CCCC2C1C(=O)O. The van der Waals surface area contributed by atoms with E-state index in [1.807, 2.05) is 0 Å². The van der Waals surface area contributed by atoms with Crippen molar-refractivity contribution in [3.05, 3.63) is 0 Å². The molecule has 1 heterocycles. The number of amides is 2. The highest BCUT2D eigenvalue weighted by Gasteiger charge is 2.50. The largest absolute Gasteiger partial charge is 0.480 e. The molecule has 21 heavy (non-hydrogen) atoms. The van der Waals surface area contributed by atoms with Crippen LogP contribution in [0.15, 0.2) is 0 Å². The van der Waals surface area contributed by atoms with Crippen LogP contribution in [0.25, 0.3) is 0 Å². The Hall–Kier alpha value is -1.34. The van der Waals surface area contributed by atoms with E-state index in [0.29, 0.717) is 12.5 Å². The lowest BCUT2D eigenvalue weighted by molar-refractivity contribution is -0.142. The number of ether oxygens (including phenoxy) is 1. The Kier molecular flexibility index (Phi) is 5.05. The van der Waals surface area contributed by atoms with Crippen molar-refractivity contribution in [1.29, 1.82) is 0 Å².